The Kier molecular flexibility index (Phi) is 4.52. The van der Waals surface area contributed by atoms with Crippen LogP contribution in [0.4, 0.5) is 0 Å². The van der Waals surface area contributed by atoms with Crippen LogP contribution in [0.5, 0.6) is 5.75 Å². The zero-order valence-electron chi connectivity index (χ0n) is 11.5. The van der Waals surface area contributed by atoms with E-state index in [0.717, 1.165) is 35.8 Å². The number of hydrogen-bond donors (Lipinski definition) is 1. The lowest BCUT2D eigenvalue weighted by molar-refractivity contribution is 0.290. The smallest absolute Gasteiger partial charge is 0.142 e. The zero-order chi connectivity index (χ0) is 13.7. The maximum atomic E-state index is 5.81. The van der Waals surface area contributed by atoms with E-state index < -0.39 is 0 Å². The van der Waals surface area contributed by atoms with E-state index in [1.54, 1.807) is 0 Å². The van der Waals surface area contributed by atoms with Gasteiger partial charge in [-0.2, -0.15) is 0 Å². The van der Waals surface area contributed by atoms with E-state index in [2.05, 4.69) is 21.5 Å². The van der Waals surface area contributed by atoms with Gasteiger partial charge >= 0.3 is 0 Å². The summed E-state index contributed by atoms with van der Waals surface area (Å²) in [4.78, 5) is 8.53. The second-order valence-electron chi connectivity index (χ2n) is 4.47. The van der Waals surface area contributed by atoms with E-state index in [1.165, 1.54) is 0 Å². The van der Waals surface area contributed by atoms with Gasteiger partial charge in [-0.3, -0.25) is 4.98 Å². The molecule has 0 fully saturated rings. The lowest BCUT2D eigenvalue weighted by Gasteiger charge is -2.11. The number of imidazole rings is 1. The van der Waals surface area contributed by atoms with E-state index in [9.17, 15) is 0 Å². The standard InChI is InChI=1S/C14H20N4O/c1-3-6-18-10-16-8-12(18)9-19-14-5-4-11(2)17-13(14)7-15/h4-5,8,10H,3,6-7,9,15H2,1-2H3. The number of rotatable bonds is 6. The highest BCUT2D eigenvalue weighted by atomic mass is 16.5. The first-order valence-corrected chi connectivity index (χ1v) is 6.53. The highest BCUT2D eigenvalue weighted by molar-refractivity contribution is 5.29. The number of nitrogens with zero attached hydrogens (tertiary/aromatic N) is 3. The summed E-state index contributed by atoms with van der Waals surface area (Å²) in [6.45, 7) is 5.90. The van der Waals surface area contributed by atoms with Crippen molar-refractivity contribution in [1.29, 1.82) is 0 Å². The van der Waals surface area contributed by atoms with E-state index in [-0.39, 0.29) is 0 Å². The molecular formula is C14H20N4O. The average Bonchev–Trinajstić information content (AvgIpc) is 2.85. The van der Waals surface area contributed by atoms with Crippen LogP contribution in [0, 0.1) is 6.92 Å². The SMILES string of the molecule is CCCn1cncc1COc1ccc(C)nc1CN. The highest BCUT2D eigenvalue weighted by Gasteiger charge is 2.07. The minimum atomic E-state index is 0.380. The summed E-state index contributed by atoms with van der Waals surface area (Å²) in [5.74, 6) is 0.748. The summed E-state index contributed by atoms with van der Waals surface area (Å²) in [7, 11) is 0. The van der Waals surface area contributed by atoms with E-state index in [4.69, 9.17) is 10.5 Å². The average molecular weight is 260 g/mol. The molecule has 0 aliphatic heterocycles. The third kappa shape index (κ3) is 3.32. The molecule has 0 aromatic carbocycles. The summed E-state index contributed by atoms with van der Waals surface area (Å²) >= 11 is 0. The maximum Gasteiger partial charge on any atom is 0.142 e. The summed E-state index contributed by atoms with van der Waals surface area (Å²) in [5, 5.41) is 0. The number of hydrogen-bond acceptors (Lipinski definition) is 4. The van der Waals surface area contributed by atoms with Crippen molar-refractivity contribution in [3.05, 3.63) is 41.7 Å². The van der Waals surface area contributed by atoms with E-state index in [1.807, 2.05) is 31.6 Å². The van der Waals surface area contributed by atoms with E-state index >= 15 is 0 Å². The largest absolute Gasteiger partial charge is 0.485 e. The van der Waals surface area contributed by atoms with Crippen molar-refractivity contribution in [3.8, 4) is 5.75 Å². The van der Waals surface area contributed by atoms with Gasteiger partial charge in [-0.15, -0.1) is 0 Å². The number of nitrogens with two attached hydrogens (primary N) is 1. The molecule has 0 aliphatic rings. The predicted molar refractivity (Wildman–Crippen MR) is 73.7 cm³/mol. The molecule has 102 valence electrons. The Hall–Kier alpha value is -1.88. The van der Waals surface area contributed by atoms with Crippen LogP contribution in [0.3, 0.4) is 0 Å². The zero-order valence-corrected chi connectivity index (χ0v) is 11.5. The van der Waals surface area contributed by atoms with Gasteiger partial charge in [0.1, 0.15) is 12.4 Å². The highest BCUT2D eigenvalue weighted by Crippen LogP contribution is 2.18. The van der Waals surface area contributed by atoms with Crippen molar-refractivity contribution in [2.24, 2.45) is 5.73 Å². The first-order valence-electron chi connectivity index (χ1n) is 6.53. The van der Waals surface area contributed by atoms with Crippen LogP contribution in [0.15, 0.2) is 24.7 Å². The molecule has 2 rings (SSSR count). The third-order valence-corrected chi connectivity index (χ3v) is 2.90. The summed E-state index contributed by atoms with van der Waals surface area (Å²) < 4.78 is 7.91. The van der Waals surface area contributed by atoms with Crippen LogP contribution < -0.4 is 10.5 Å². The fourth-order valence-corrected chi connectivity index (χ4v) is 1.94. The molecule has 0 aliphatic carbocycles. The lowest BCUT2D eigenvalue weighted by Crippen LogP contribution is -2.08. The van der Waals surface area contributed by atoms with Crippen LogP contribution >= 0.6 is 0 Å². The quantitative estimate of drug-likeness (QED) is 0.863. The van der Waals surface area contributed by atoms with Gasteiger partial charge in [0.2, 0.25) is 0 Å². The monoisotopic (exact) mass is 260 g/mol. The molecule has 0 amide bonds. The fraction of sp³-hybridized carbons (Fsp3) is 0.429. The van der Waals surface area contributed by atoms with Gasteiger partial charge in [0, 0.05) is 18.8 Å². The van der Waals surface area contributed by atoms with Crippen LogP contribution in [0.2, 0.25) is 0 Å². The summed E-state index contributed by atoms with van der Waals surface area (Å²) in [6, 6.07) is 3.85. The van der Waals surface area contributed by atoms with Gasteiger partial charge in [-0.05, 0) is 25.5 Å². The second-order valence-corrected chi connectivity index (χ2v) is 4.47. The Morgan fingerprint density at radius 3 is 2.95 bits per heavy atom. The molecule has 0 spiro atoms. The summed E-state index contributed by atoms with van der Waals surface area (Å²) in [5.41, 5.74) is 8.49. The minimum Gasteiger partial charge on any atom is -0.485 e. The molecule has 2 aromatic rings. The van der Waals surface area contributed by atoms with Crippen molar-refractivity contribution in [1.82, 2.24) is 14.5 Å². The Morgan fingerprint density at radius 1 is 1.37 bits per heavy atom. The fourth-order valence-electron chi connectivity index (χ4n) is 1.94. The molecule has 0 saturated carbocycles. The molecule has 2 aromatic heterocycles. The van der Waals surface area contributed by atoms with Crippen molar-refractivity contribution >= 4 is 0 Å². The van der Waals surface area contributed by atoms with Crippen LogP contribution in [0.1, 0.15) is 30.4 Å². The molecule has 5 nitrogen and oxygen atoms in total. The molecule has 5 heteroatoms. The van der Waals surface area contributed by atoms with Crippen molar-refractivity contribution < 1.29 is 4.74 Å². The van der Waals surface area contributed by atoms with Crippen LogP contribution in [-0.2, 0) is 19.7 Å². The Balaban J connectivity index is 2.07. The molecule has 0 bridgehead atoms. The van der Waals surface area contributed by atoms with Crippen molar-refractivity contribution in [2.75, 3.05) is 0 Å². The van der Waals surface area contributed by atoms with Gasteiger partial charge in [0.05, 0.1) is 23.9 Å². The molecule has 0 saturated heterocycles. The van der Waals surface area contributed by atoms with Gasteiger partial charge in [0.25, 0.3) is 0 Å². The number of ether oxygens (including phenoxy) is 1. The first kappa shape index (κ1) is 13.5. The van der Waals surface area contributed by atoms with Crippen molar-refractivity contribution in [3.63, 3.8) is 0 Å². The normalized spacial score (nSPS) is 10.7. The Morgan fingerprint density at radius 2 is 2.21 bits per heavy atom. The number of pyridine rings is 1. The number of aromatic nitrogens is 3. The second kappa shape index (κ2) is 6.33. The van der Waals surface area contributed by atoms with Gasteiger partial charge in [0.15, 0.2) is 0 Å². The molecule has 2 heterocycles. The third-order valence-electron chi connectivity index (χ3n) is 2.90. The van der Waals surface area contributed by atoms with Crippen LogP contribution in [-0.4, -0.2) is 14.5 Å². The molecule has 19 heavy (non-hydrogen) atoms. The minimum absolute atomic E-state index is 0.380. The van der Waals surface area contributed by atoms with Gasteiger partial charge < -0.3 is 15.0 Å². The molecular weight excluding hydrogens is 240 g/mol. The molecule has 0 radical (unpaired) electrons. The molecule has 2 N–H and O–H groups in total. The molecule has 0 unspecified atom stereocenters. The van der Waals surface area contributed by atoms with Crippen molar-refractivity contribution in [2.45, 2.75) is 40.0 Å². The van der Waals surface area contributed by atoms with Crippen LogP contribution in [0.25, 0.3) is 0 Å². The maximum absolute atomic E-state index is 5.81. The number of aryl methyl sites for hydroxylation is 2. The van der Waals surface area contributed by atoms with Gasteiger partial charge in [-0.25, -0.2) is 4.98 Å². The predicted octanol–water partition coefficient (Wildman–Crippen LogP) is 2.03. The topological polar surface area (TPSA) is 66.0 Å². The Labute approximate surface area is 113 Å². The lowest BCUT2D eigenvalue weighted by atomic mass is 10.3. The van der Waals surface area contributed by atoms with E-state index in [0.29, 0.717) is 13.2 Å². The summed E-state index contributed by atoms with van der Waals surface area (Å²) in [6.07, 6.45) is 4.74. The van der Waals surface area contributed by atoms with Gasteiger partial charge in [-0.1, -0.05) is 6.92 Å². The molecule has 0 atom stereocenters. The Bertz CT molecular complexity index is 536. The first-order chi connectivity index (χ1) is 9.24.